The molecule has 0 aromatic heterocycles. The van der Waals surface area contributed by atoms with E-state index in [1.165, 1.54) is 7.11 Å². The third-order valence-corrected chi connectivity index (χ3v) is 7.57. The summed E-state index contributed by atoms with van der Waals surface area (Å²) in [5.41, 5.74) is 2.28. The Bertz CT molecular complexity index is 1290. The molecule has 0 atom stereocenters. The molecule has 38 heavy (non-hydrogen) atoms. The lowest BCUT2D eigenvalue weighted by Crippen LogP contribution is -2.44. The number of hydrogen-bond donors (Lipinski definition) is 1. The first kappa shape index (κ1) is 27.7. The van der Waals surface area contributed by atoms with E-state index in [1.807, 2.05) is 25.1 Å². The SMILES string of the molecule is COc1cc(/C=C2\SC(=O)N(CC(=O)N3CCCCC3)C2=O)cc(Br)c1OCC(=O)Nc1cccc(C)c1. The topological polar surface area (TPSA) is 105 Å². The van der Waals surface area contributed by atoms with Crippen molar-refractivity contribution in [3.05, 3.63) is 56.9 Å². The van der Waals surface area contributed by atoms with Crippen LogP contribution in [0.15, 0.2) is 45.8 Å². The van der Waals surface area contributed by atoms with Gasteiger partial charge in [-0.1, -0.05) is 12.1 Å². The van der Waals surface area contributed by atoms with Crippen molar-refractivity contribution >= 4 is 62.4 Å². The fraction of sp³-hybridized carbons (Fsp3) is 0.333. The van der Waals surface area contributed by atoms with Gasteiger partial charge in [-0.05, 0) is 95.3 Å². The van der Waals surface area contributed by atoms with Crippen LogP contribution in [0.25, 0.3) is 6.08 Å². The van der Waals surface area contributed by atoms with Crippen molar-refractivity contribution in [3.8, 4) is 11.5 Å². The normalized spacial score (nSPS) is 16.7. The predicted octanol–water partition coefficient (Wildman–Crippen LogP) is 4.83. The Morgan fingerprint density at radius 2 is 1.89 bits per heavy atom. The largest absolute Gasteiger partial charge is 0.493 e. The Labute approximate surface area is 233 Å². The highest BCUT2D eigenvalue weighted by Crippen LogP contribution is 2.39. The van der Waals surface area contributed by atoms with Crippen LogP contribution >= 0.6 is 27.7 Å². The van der Waals surface area contributed by atoms with E-state index in [0.29, 0.717) is 40.3 Å². The monoisotopic (exact) mass is 601 g/mol. The highest BCUT2D eigenvalue weighted by Gasteiger charge is 2.37. The Morgan fingerprint density at radius 3 is 2.61 bits per heavy atom. The molecule has 2 aromatic carbocycles. The van der Waals surface area contributed by atoms with Gasteiger partial charge in [-0.2, -0.15) is 0 Å². The minimum Gasteiger partial charge on any atom is -0.493 e. The molecule has 2 saturated heterocycles. The smallest absolute Gasteiger partial charge is 0.294 e. The van der Waals surface area contributed by atoms with E-state index >= 15 is 0 Å². The Morgan fingerprint density at radius 1 is 1.13 bits per heavy atom. The van der Waals surface area contributed by atoms with E-state index < -0.39 is 11.1 Å². The third kappa shape index (κ3) is 6.76. The standard InChI is InChI=1S/C27H28BrN3O6S/c1-17-7-6-8-19(11-17)29-23(32)16-37-25-20(28)12-18(13-21(25)36-2)14-22-26(34)31(27(35)38-22)15-24(33)30-9-4-3-5-10-30/h6-8,11-14H,3-5,9-10,15-16H2,1-2H3,(H,29,32)/b22-14-. The maximum absolute atomic E-state index is 12.9. The van der Waals surface area contributed by atoms with Gasteiger partial charge < -0.3 is 19.7 Å². The van der Waals surface area contributed by atoms with Crippen molar-refractivity contribution in [1.29, 1.82) is 0 Å². The summed E-state index contributed by atoms with van der Waals surface area (Å²) in [6.07, 6.45) is 4.51. The zero-order chi connectivity index (χ0) is 27.2. The molecule has 2 heterocycles. The summed E-state index contributed by atoms with van der Waals surface area (Å²) in [5, 5.41) is 2.31. The lowest BCUT2D eigenvalue weighted by atomic mass is 10.1. The molecule has 0 bridgehead atoms. The maximum atomic E-state index is 12.9. The average Bonchev–Trinajstić information content (AvgIpc) is 3.15. The number of imide groups is 1. The molecule has 0 unspecified atom stereocenters. The Hall–Kier alpha value is -3.31. The number of aryl methyl sites for hydroxylation is 1. The maximum Gasteiger partial charge on any atom is 0.294 e. The van der Waals surface area contributed by atoms with Gasteiger partial charge in [0.05, 0.1) is 16.5 Å². The summed E-state index contributed by atoms with van der Waals surface area (Å²) in [7, 11) is 1.46. The van der Waals surface area contributed by atoms with E-state index in [4.69, 9.17) is 9.47 Å². The second kappa shape index (κ2) is 12.5. The van der Waals surface area contributed by atoms with Gasteiger partial charge >= 0.3 is 0 Å². The molecule has 9 nitrogen and oxygen atoms in total. The number of methoxy groups -OCH3 is 1. The van der Waals surface area contributed by atoms with Gasteiger partial charge in [0.25, 0.3) is 17.1 Å². The molecule has 200 valence electrons. The molecular formula is C27H28BrN3O6S. The molecular weight excluding hydrogens is 574 g/mol. The first-order valence-electron chi connectivity index (χ1n) is 12.1. The molecule has 0 spiro atoms. The third-order valence-electron chi connectivity index (χ3n) is 6.07. The molecule has 1 N–H and O–H groups in total. The number of benzene rings is 2. The number of likely N-dealkylation sites (tertiary alicyclic amines) is 1. The van der Waals surface area contributed by atoms with Crippen LogP contribution in [-0.2, 0) is 14.4 Å². The highest BCUT2D eigenvalue weighted by molar-refractivity contribution is 9.10. The number of nitrogens with one attached hydrogen (secondary N) is 1. The fourth-order valence-corrected chi connectivity index (χ4v) is 5.60. The van der Waals surface area contributed by atoms with Gasteiger partial charge in [-0.25, -0.2) is 0 Å². The zero-order valence-electron chi connectivity index (χ0n) is 21.1. The molecule has 11 heteroatoms. The van der Waals surface area contributed by atoms with Gasteiger partial charge in [-0.15, -0.1) is 0 Å². The highest BCUT2D eigenvalue weighted by atomic mass is 79.9. The van der Waals surface area contributed by atoms with Crippen molar-refractivity contribution in [2.45, 2.75) is 26.2 Å². The van der Waals surface area contributed by atoms with Crippen molar-refractivity contribution in [2.24, 2.45) is 0 Å². The first-order valence-corrected chi connectivity index (χ1v) is 13.8. The van der Waals surface area contributed by atoms with Gasteiger partial charge in [0.15, 0.2) is 18.1 Å². The molecule has 4 rings (SSSR count). The molecule has 2 aliphatic heterocycles. The molecule has 2 aromatic rings. The second-order valence-corrected chi connectivity index (χ2v) is 10.8. The minimum absolute atomic E-state index is 0.210. The molecule has 2 fully saturated rings. The minimum atomic E-state index is -0.506. The fourth-order valence-electron chi connectivity index (χ4n) is 4.19. The summed E-state index contributed by atoms with van der Waals surface area (Å²) in [5.74, 6) is -0.390. The van der Waals surface area contributed by atoms with Gasteiger partial charge in [0.1, 0.15) is 6.54 Å². The number of carbonyl (C=O) groups is 4. The average molecular weight is 603 g/mol. The summed E-state index contributed by atoms with van der Waals surface area (Å²) >= 11 is 4.24. The van der Waals surface area contributed by atoms with Crippen LogP contribution in [0, 0.1) is 6.92 Å². The molecule has 4 amide bonds. The van der Waals surface area contributed by atoms with Crippen LogP contribution in [-0.4, -0.2) is 66.1 Å². The van der Waals surface area contributed by atoms with E-state index in [9.17, 15) is 19.2 Å². The number of hydrogen-bond acceptors (Lipinski definition) is 7. The Balaban J connectivity index is 1.43. The van der Waals surface area contributed by atoms with E-state index in [1.54, 1.807) is 29.2 Å². The van der Waals surface area contributed by atoms with Crippen molar-refractivity contribution in [1.82, 2.24) is 9.80 Å². The number of thioether (sulfide) groups is 1. The van der Waals surface area contributed by atoms with Crippen LogP contribution in [0.2, 0.25) is 0 Å². The number of piperidine rings is 1. The number of carbonyl (C=O) groups excluding carboxylic acids is 4. The van der Waals surface area contributed by atoms with E-state index in [-0.39, 0.29) is 29.9 Å². The predicted molar refractivity (Wildman–Crippen MR) is 149 cm³/mol. The van der Waals surface area contributed by atoms with Crippen molar-refractivity contribution in [2.75, 3.05) is 38.7 Å². The lowest BCUT2D eigenvalue weighted by molar-refractivity contribution is -0.136. The summed E-state index contributed by atoms with van der Waals surface area (Å²) in [6.45, 7) is 2.74. The second-order valence-electron chi connectivity index (χ2n) is 8.95. The van der Waals surface area contributed by atoms with Gasteiger partial charge in [-0.3, -0.25) is 24.1 Å². The molecule has 2 aliphatic rings. The Kier molecular flexibility index (Phi) is 9.11. The van der Waals surface area contributed by atoms with Crippen LogP contribution < -0.4 is 14.8 Å². The number of nitrogens with zero attached hydrogens (tertiary/aromatic N) is 2. The molecule has 0 saturated carbocycles. The number of halogens is 1. The van der Waals surface area contributed by atoms with Crippen LogP contribution in [0.1, 0.15) is 30.4 Å². The van der Waals surface area contributed by atoms with Crippen LogP contribution in [0.4, 0.5) is 10.5 Å². The van der Waals surface area contributed by atoms with Gasteiger partial charge in [0, 0.05) is 18.8 Å². The summed E-state index contributed by atoms with van der Waals surface area (Å²) in [4.78, 5) is 53.3. The number of rotatable bonds is 8. The molecule has 0 aliphatic carbocycles. The van der Waals surface area contributed by atoms with Gasteiger partial charge in [0.2, 0.25) is 5.91 Å². The van der Waals surface area contributed by atoms with Crippen LogP contribution in [0.3, 0.4) is 0 Å². The van der Waals surface area contributed by atoms with E-state index in [0.717, 1.165) is 41.5 Å². The van der Waals surface area contributed by atoms with Crippen molar-refractivity contribution < 1.29 is 28.7 Å². The summed E-state index contributed by atoms with van der Waals surface area (Å²) in [6, 6.07) is 10.8. The summed E-state index contributed by atoms with van der Waals surface area (Å²) < 4.78 is 11.7. The van der Waals surface area contributed by atoms with Crippen molar-refractivity contribution in [3.63, 3.8) is 0 Å². The number of ether oxygens (including phenoxy) is 2. The number of amides is 4. The lowest BCUT2D eigenvalue weighted by Gasteiger charge is -2.27. The van der Waals surface area contributed by atoms with Crippen LogP contribution in [0.5, 0.6) is 11.5 Å². The first-order chi connectivity index (χ1) is 18.2. The van der Waals surface area contributed by atoms with E-state index in [2.05, 4.69) is 21.2 Å². The zero-order valence-corrected chi connectivity index (χ0v) is 23.5. The quantitative estimate of drug-likeness (QED) is 0.432. The molecule has 0 radical (unpaired) electrons. The number of anilines is 1.